The van der Waals surface area contributed by atoms with Gasteiger partial charge in [-0.25, -0.2) is 0 Å². The third-order valence-electron chi connectivity index (χ3n) is 6.49. The normalized spacial score (nSPS) is 17.3. The van der Waals surface area contributed by atoms with Gasteiger partial charge in [-0.15, -0.1) is 10.2 Å². The highest BCUT2D eigenvalue weighted by Gasteiger charge is 2.23. The number of aliphatic hydroxyl groups is 1. The second-order valence-electron chi connectivity index (χ2n) is 8.52. The SMILES string of the molecule is COc1ccc(CCC(=O)N2CCN(c3ccc(N4CCN(CCO)CC4)nn3)CC2)cc1. The fourth-order valence-electron chi connectivity index (χ4n) is 4.38. The summed E-state index contributed by atoms with van der Waals surface area (Å²) in [5.41, 5.74) is 1.15. The maximum Gasteiger partial charge on any atom is 0.223 e. The molecule has 0 unspecified atom stereocenters. The number of hydrogen-bond acceptors (Lipinski definition) is 8. The summed E-state index contributed by atoms with van der Waals surface area (Å²) in [6.45, 7) is 7.53. The predicted molar refractivity (Wildman–Crippen MR) is 128 cm³/mol. The Bertz CT molecular complexity index is 876. The molecule has 9 heteroatoms. The summed E-state index contributed by atoms with van der Waals surface area (Å²) in [7, 11) is 1.65. The van der Waals surface area contributed by atoms with Crippen LogP contribution in [0.5, 0.6) is 5.75 Å². The number of nitrogens with zero attached hydrogens (tertiary/aromatic N) is 6. The Kier molecular flexibility index (Phi) is 7.96. The van der Waals surface area contributed by atoms with E-state index < -0.39 is 0 Å². The first-order valence-electron chi connectivity index (χ1n) is 11.7. The van der Waals surface area contributed by atoms with Crippen molar-refractivity contribution in [3.05, 3.63) is 42.0 Å². The molecular formula is C24H34N6O3. The quantitative estimate of drug-likeness (QED) is 0.629. The zero-order valence-electron chi connectivity index (χ0n) is 19.4. The zero-order chi connectivity index (χ0) is 23.0. The Labute approximate surface area is 195 Å². The van der Waals surface area contributed by atoms with Crippen molar-refractivity contribution in [3.8, 4) is 5.75 Å². The van der Waals surface area contributed by atoms with E-state index in [-0.39, 0.29) is 12.5 Å². The second kappa shape index (κ2) is 11.3. The van der Waals surface area contributed by atoms with Crippen LogP contribution in [0.2, 0.25) is 0 Å². The number of aliphatic hydroxyl groups excluding tert-OH is 1. The van der Waals surface area contributed by atoms with Crippen molar-refractivity contribution < 1.29 is 14.6 Å². The zero-order valence-corrected chi connectivity index (χ0v) is 19.4. The number of carbonyl (C=O) groups is 1. The van der Waals surface area contributed by atoms with Crippen LogP contribution < -0.4 is 14.5 Å². The first kappa shape index (κ1) is 23.3. The van der Waals surface area contributed by atoms with Crippen molar-refractivity contribution in [1.29, 1.82) is 0 Å². The largest absolute Gasteiger partial charge is 0.497 e. The van der Waals surface area contributed by atoms with Gasteiger partial charge in [0.2, 0.25) is 5.91 Å². The molecule has 1 aromatic carbocycles. The van der Waals surface area contributed by atoms with Crippen molar-refractivity contribution in [2.45, 2.75) is 12.8 Å². The maximum absolute atomic E-state index is 12.7. The van der Waals surface area contributed by atoms with E-state index in [9.17, 15) is 4.79 Å². The number of anilines is 2. The number of hydrogen-bond donors (Lipinski definition) is 1. The summed E-state index contributed by atoms with van der Waals surface area (Å²) in [6, 6.07) is 12.0. The Balaban J connectivity index is 1.22. The molecule has 0 atom stereocenters. The van der Waals surface area contributed by atoms with Crippen LogP contribution in [-0.2, 0) is 11.2 Å². The van der Waals surface area contributed by atoms with Crippen LogP contribution in [0.1, 0.15) is 12.0 Å². The molecule has 3 heterocycles. The first-order valence-corrected chi connectivity index (χ1v) is 11.7. The summed E-state index contributed by atoms with van der Waals surface area (Å²) in [5, 5.41) is 18.0. The van der Waals surface area contributed by atoms with E-state index in [1.165, 1.54) is 0 Å². The number of methoxy groups -OCH3 is 1. The van der Waals surface area contributed by atoms with Crippen LogP contribution in [0.4, 0.5) is 11.6 Å². The lowest BCUT2D eigenvalue weighted by molar-refractivity contribution is -0.131. The summed E-state index contributed by atoms with van der Waals surface area (Å²) in [5.74, 6) is 2.79. The monoisotopic (exact) mass is 454 g/mol. The van der Waals surface area contributed by atoms with Crippen LogP contribution in [0.25, 0.3) is 0 Å². The number of ether oxygens (including phenoxy) is 1. The first-order chi connectivity index (χ1) is 16.2. The van der Waals surface area contributed by atoms with Crippen molar-refractivity contribution in [1.82, 2.24) is 20.0 Å². The number of aromatic nitrogens is 2. The topological polar surface area (TPSA) is 85.3 Å². The average molecular weight is 455 g/mol. The van der Waals surface area contributed by atoms with Gasteiger partial charge < -0.3 is 24.5 Å². The van der Waals surface area contributed by atoms with Gasteiger partial charge in [0.25, 0.3) is 0 Å². The molecule has 0 radical (unpaired) electrons. The summed E-state index contributed by atoms with van der Waals surface area (Å²) in [6.07, 6.45) is 1.26. The number of piperazine rings is 2. The Morgan fingerprint density at radius 2 is 1.45 bits per heavy atom. The van der Waals surface area contributed by atoms with Crippen molar-refractivity contribution >= 4 is 17.5 Å². The molecule has 2 aliphatic rings. The van der Waals surface area contributed by atoms with E-state index in [4.69, 9.17) is 9.84 Å². The van der Waals surface area contributed by atoms with E-state index in [0.717, 1.165) is 75.2 Å². The average Bonchev–Trinajstić information content (AvgIpc) is 2.88. The van der Waals surface area contributed by atoms with Crippen molar-refractivity contribution in [2.75, 3.05) is 82.4 Å². The molecule has 2 fully saturated rings. The number of β-amino-alcohol motifs (C(OH)–C–C–N with tert-alkyl or cyclic N) is 1. The molecule has 0 bridgehead atoms. The van der Waals surface area contributed by atoms with Crippen molar-refractivity contribution in [3.63, 3.8) is 0 Å². The summed E-state index contributed by atoms with van der Waals surface area (Å²) >= 11 is 0. The summed E-state index contributed by atoms with van der Waals surface area (Å²) < 4.78 is 5.18. The van der Waals surface area contributed by atoms with E-state index in [0.29, 0.717) is 19.5 Å². The lowest BCUT2D eigenvalue weighted by atomic mass is 10.1. The van der Waals surface area contributed by atoms with Gasteiger partial charge in [0, 0.05) is 65.3 Å². The minimum Gasteiger partial charge on any atom is -0.497 e. The van der Waals surface area contributed by atoms with Gasteiger partial charge in [0.1, 0.15) is 5.75 Å². The lowest BCUT2D eigenvalue weighted by Crippen LogP contribution is -2.49. The Morgan fingerprint density at radius 3 is 1.97 bits per heavy atom. The van der Waals surface area contributed by atoms with E-state index in [2.05, 4.69) is 24.9 Å². The highest BCUT2D eigenvalue weighted by atomic mass is 16.5. The number of benzene rings is 1. The van der Waals surface area contributed by atoms with E-state index in [1.807, 2.05) is 41.3 Å². The third kappa shape index (κ3) is 6.11. The Morgan fingerprint density at radius 1 is 0.879 bits per heavy atom. The van der Waals surface area contributed by atoms with Gasteiger partial charge in [-0.2, -0.15) is 0 Å². The molecule has 0 spiro atoms. The standard InChI is InChI=1S/C24H34N6O3/c1-33-21-5-2-20(3-6-21)4-9-24(32)30-16-14-29(15-17-30)23-8-7-22(25-26-23)28-12-10-27(11-13-28)18-19-31/h2-3,5-8,31H,4,9-19H2,1H3. The molecule has 1 N–H and O–H groups in total. The van der Waals surface area contributed by atoms with Crippen LogP contribution in [0, 0.1) is 0 Å². The molecule has 2 saturated heterocycles. The molecule has 9 nitrogen and oxygen atoms in total. The van der Waals surface area contributed by atoms with Gasteiger partial charge in [-0.1, -0.05) is 12.1 Å². The summed E-state index contributed by atoms with van der Waals surface area (Å²) in [4.78, 5) is 21.3. The number of aryl methyl sites for hydroxylation is 1. The van der Waals surface area contributed by atoms with E-state index in [1.54, 1.807) is 7.11 Å². The molecule has 0 saturated carbocycles. The van der Waals surface area contributed by atoms with E-state index >= 15 is 0 Å². The number of amides is 1. The molecule has 1 amide bonds. The van der Waals surface area contributed by atoms with Crippen LogP contribution in [0.15, 0.2) is 36.4 Å². The van der Waals surface area contributed by atoms with Gasteiger partial charge in [0.05, 0.1) is 13.7 Å². The lowest BCUT2D eigenvalue weighted by Gasteiger charge is -2.36. The van der Waals surface area contributed by atoms with Gasteiger partial charge in [-0.3, -0.25) is 9.69 Å². The molecule has 0 aliphatic carbocycles. The highest BCUT2D eigenvalue weighted by molar-refractivity contribution is 5.76. The van der Waals surface area contributed by atoms with Crippen LogP contribution >= 0.6 is 0 Å². The fraction of sp³-hybridized carbons (Fsp3) is 0.542. The Hall–Kier alpha value is -2.91. The minimum absolute atomic E-state index is 0.201. The predicted octanol–water partition coefficient (Wildman–Crippen LogP) is 0.881. The highest BCUT2D eigenvalue weighted by Crippen LogP contribution is 2.19. The molecule has 2 aromatic rings. The van der Waals surface area contributed by atoms with Crippen molar-refractivity contribution in [2.24, 2.45) is 0 Å². The third-order valence-corrected chi connectivity index (χ3v) is 6.49. The number of rotatable bonds is 8. The molecule has 33 heavy (non-hydrogen) atoms. The van der Waals surface area contributed by atoms with Crippen LogP contribution in [0.3, 0.4) is 0 Å². The smallest absolute Gasteiger partial charge is 0.223 e. The van der Waals surface area contributed by atoms with Gasteiger partial charge in [-0.05, 0) is 36.2 Å². The molecule has 178 valence electrons. The molecule has 2 aliphatic heterocycles. The second-order valence-corrected chi connectivity index (χ2v) is 8.52. The molecular weight excluding hydrogens is 420 g/mol. The molecule has 1 aromatic heterocycles. The van der Waals surface area contributed by atoms with Gasteiger partial charge >= 0.3 is 0 Å². The number of carbonyl (C=O) groups excluding carboxylic acids is 1. The fourth-order valence-corrected chi connectivity index (χ4v) is 4.38. The maximum atomic E-state index is 12.7. The van der Waals surface area contributed by atoms with Gasteiger partial charge in [0.15, 0.2) is 11.6 Å². The minimum atomic E-state index is 0.201. The molecule has 4 rings (SSSR count). The van der Waals surface area contributed by atoms with Crippen LogP contribution in [-0.4, -0.2) is 104 Å².